The fourth-order valence-electron chi connectivity index (χ4n) is 14.6. The Morgan fingerprint density at radius 2 is 0.643 bits per heavy atom. The first-order valence-electron chi connectivity index (χ1n) is 42.9. The molecule has 3 aliphatic rings. The van der Waals surface area contributed by atoms with E-state index in [4.69, 9.17) is 47.4 Å². The molecule has 0 aliphatic heterocycles. The number of hydrogen-bond donors (Lipinski definition) is 0. The Hall–Kier alpha value is -7.72. The normalized spacial score (nSPS) is 17.2. The average molecular weight is 1600 g/mol. The Morgan fingerprint density at radius 1 is 0.383 bits per heavy atom. The van der Waals surface area contributed by atoms with Gasteiger partial charge in [0.05, 0.1) is 38.9 Å². The van der Waals surface area contributed by atoms with Crippen molar-refractivity contribution in [3.8, 4) is 34.5 Å². The summed E-state index contributed by atoms with van der Waals surface area (Å²) in [4.78, 5) is 85.3. The van der Waals surface area contributed by atoms with Crippen molar-refractivity contribution in [1.82, 2.24) is 19.6 Å². The van der Waals surface area contributed by atoms with Crippen LogP contribution in [0.2, 0.25) is 0 Å². The van der Waals surface area contributed by atoms with Gasteiger partial charge in [-0.25, -0.2) is 9.59 Å². The van der Waals surface area contributed by atoms with Crippen molar-refractivity contribution >= 4 is 36.2 Å². The lowest BCUT2D eigenvalue weighted by atomic mass is 9.73. The molecule has 3 aliphatic carbocycles. The van der Waals surface area contributed by atoms with Gasteiger partial charge in [0.25, 0.3) is 0 Å². The molecule has 0 N–H and O–H groups in total. The molecule has 20 nitrogen and oxygen atoms in total. The van der Waals surface area contributed by atoms with E-state index in [0.717, 1.165) is 186 Å². The minimum atomic E-state index is -0.790. The fourth-order valence-corrected chi connectivity index (χ4v) is 14.6. The van der Waals surface area contributed by atoms with Crippen LogP contribution in [0.4, 0.5) is 9.59 Å². The zero-order chi connectivity index (χ0) is 85.1. The van der Waals surface area contributed by atoms with E-state index in [1.165, 1.54) is 16.7 Å². The molecule has 0 saturated carbocycles. The number of carbonyl (C=O) groups is 6. The number of esters is 4. The van der Waals surface area contributed by atoms with Crippen LogP contribution in [0.25, 0.3) is 0 Å². The Bertz CT molecular complexity index is 3530. The predicted octanol–water partition coefficient (Wildman–Crippen LogP) is 21.3. The highest BCUT2D eigenvalue weighted by Gasteiger charge is 2.37. The third-order valence-electron chi connectivity index (χ3n) is 21.5. The van der Waals surface area contributed by atoms with Gasteiger partial charge in [0.2, 0.25) is 0 Å². The monoisotopic (exact) mass is 1600 g/mol. The quantitative estimate of drug-likeness (QED) is 0.0129. The van der Waals surface area contributed by atoms with E-state index in [1.54, 1.807) is 0 Å². The summed E-state index contributed by atoms with van der Waals surface area (Å²) in [6, 6.07) is 11.7. The molecule has 20 heteroatoms. The molecule has 115 heavy (non-hydrogen) atoms. The van der Waals surface area contributed by atoms with Crippen LogP contribution in [0.3, 0.4) is 0 Å². The Labute approximate surface area is 692 Å². The number of benzene rings is 3. The molecule has 0 fully saturated rings. The minimum absolute atomic E-state index is 0.0794. The van der Waals surface area contributed by atoms with Gasteiger partial charge in [0, 0.05) is 60.7 Å². The Balaban J connectivity index is 0.000000364. The van der Waals surface area contributed by atoms with Gasteiger partial charge in [-0.1, -0.05) is 158 Å². The van der Waals surface area contributed by atoms with Gasteiger partial charge < -0.3 is 57.2 Å². The summed E-state index contributed by atoms with van der Waals surface area (Å²) >= 11 is 0. The lowest BCUT2D eigenvalue weighted by molar-refractivity contribution is -0.136. The van der Waals surface area contributed by atoms with E-state index in [0.29, 0.717) is 79.6 Å². The number of rotatable bonds is 46. The molecular formula is C95H146N4O16. The smallest absolute Gasteiger partial charge is 0.426 e. The van der Waals surface area contributed by atoms with E-state index in [-0.39, 0.29) is 98.5 Å². The van der Waals surface area contributed by atoms with Crippen LogP contribution >= 0.6 is 0 Å². The average Bonchev–Trinajstić information content (AvgIpc) is 0.788. The maximum atomic E-state index is 13.0. The molecular weight excluding hydrogens is 1450 g/mol. The standard InChI is InChI=1S/C33H52N2O6.C31H48N2O4.C31H46O6/c1-9-14-15-16-26-20-29(40-32(36)38-22-34(10-2)11-3)31(28-19-25(8)17-18-27(28)24(6)7)30(21-26)41-33(37)39-23-35(12-4)13-5;1-9-10-11-12-24-20-27(36-29(34)15-17-32(5)6)31(26-19-23(4)13-14-25(26)22(2)3)28(21-24)37-30(35)16-18-33(7)8;1-7-10-11-12-24-20-27(36-29(32)15-17-34-8-2)31(26-19-23(6)13-14-25(26)22(4)5)28(21-24)37-30(33)16-18-35-9-3/h19-21,27-28H,6,9-18,22-23H2,1-5,7-8H3;19-21,25-26H,2,9-18H2,1,3-8H3;19-21,25-26H,4,7-18H2,1-3,5-6H3. The summed E-state index contributed by atoms with van der Waals surface area (Å²) in [6.07, 6.45) is 23.6. The van der Waals surface area contributed by atoms with Crippen molar-refractivity contribution in [3.63, 3.8) is 0 Å². The van der Waals surface area contributed by atoms with Crippen LogP contribution in [0.1, 0.15) is 277 Å². The number of nitrogens with zero attached hydrogens (tertiary/aromatic N) is 4. The molecule has 642 valence electrons. The van der Waals surface area contributed by atoms with Crippen LogP contribution in [-0.2, 0) is 57.4 Å². The summed E-state index contributed by atoms with van der Waals surface area (Å²) in [6.45, 7) is 49.7. The van der Waals surface area contributed by atoms with Crippen molar-refractivity contribution in [2.24, 2.45) is 17.8 Å². The number of allylic oxidation sites excluding steroid dienone is 9. The molecule has 0 spiro atoms. The highest BCUT2D eigenvalue weighted by atomic mass is 16.7. The summed E-state index contributed by atoms with van der Waals surface area (Å²) < 4.78 is 57.6. The van der Waals surface area contributed by atoms with Crippen LogP contribution in [-0.4, -0.2) is 163 Å². The van der Waals surface area contributed by atoms with Gasteiger partial charge >= 0.3 is 36.2 Å². The van der Waals surface area contributed by atoms with E-state index < -0.39 is 12.3 Å². The Kier molecular flexibility index (Phi) is 47.1. The lowest BCUT2D eigenvalue weighted by Crippen LogP contribution is -2.29. The number of hydrogen-bond acceptors (Lipinski definition) is 20. The molecule has 0 heterocycles. The van der Waals surface area contributed by atoms with Gasteiger partial charge in [-0.2, -0.15) is 0 Å². The molecule has 6 rings (SSSR count). The zero-order valence-electron chi connectivity index (χ0n) is 74.1. The number of carbonyl (C=O) groups excluding carboxylic acids is 6. The second kappa shape index (κ2) is 54.3. The van der Waals surface area contributed by atoms with Gasteiger partial charge in [0.1, 0.15) is 48.0 Å². The molecule has 0 saturated heterocycles. The SMILES string of the molecule is C=C(C)C1CCC(C)=CC1c1c(OC(=O)CCN(C)C)cc(CCCCC)cc1OC(=O)CCN(C)C.C=C(C)C1CCC(C)=CC1c1c(OC(=O)CCOCC)cc(CCCCC)cc1OC(=O)CCOCC.C=C(C)C1CCC(C)=CC1c1c(OC(=O)OCN(CC)CC)cc(CCCCC)cc1OC(=O)OCN(CC)CC. The van der Waals surface area contributed by atoms with E-state index in [1.807, 2.05) is 140 Å². The van der Waals surface area contributed by atoms with Crippen molar-refractivity contribution in [2.45, 2.75) is 263 Å². The van der Waals surface area contributed by atoms with Gasteiger partial charge in [-0.05, 0) is 258 Å². The fraction of sp³-hybridized carbons (Fsp3) is 0.621. The van der Waals surface area contributed by atoms with Crippen LogP contribution in [0, 0.1) is 17.8 Å². The lowest BCUT2D eigenvalue weighted by Gasteiger charge is -2.32. The summed E-state index contributed by atoms with van der Waals surface area (Å²) in [7, 11) is 7.74. The third-order valence-corrected chi connectivity index (χ3v) is 21.5. The van der Waals surface area contributed by atoms with Gasteiger partial charge in [-0.15, -0.1) is 0 Å². The maximum absolute atomic E-state index is 13.0. The highest BCUT2D eigenvalue weighted by molar-refractivity contribution is 5.78. The molecule has 3 aromatic rings. The zero-order valence-corrected chi connectivity index (χ0v) is 74.1. The van der Waals surface area contributed by atoms with Crippen molar-refractivity contribution in [1.29, 1.82) is 0 Å². The number of aryl methyl sites for hydroxylation is 3. The molecule has 0 amide bonds. The molecule has 6 unspecified atom stereocenters. The number of ether oxygens (including phenoxy) is 10. The second-order valence-electron chi connectivity index (χ2n) is 31.7. The van der Waals surface area contributed by atoms with E-state index in [2.05, 4.69) is 86.4 Å². The number of unbranched alkanes of at least 4 members (excludes halogenated alkanes) is 6. The summed E-state index contributed by atoms with van der Waals surface area (Å²) in [5.74, 6) is 1.37. The van der Waals surface area contributed by atoms with E-state index >= 15 is 0 Å². The predicted molar refractivity (Wildman–Crippen MR) is 462 cm³/mol. The molecule has 0 radical (unpaired) electrons. The molecule has 6 atom stereocenters. The van der Waals surface area contributed by atoms with Crippen LogP contribution in [0.5, 0.6) is 34.5 Å². The topological polar surface area (TPSA) is 208 Å². The summed E-state index contributed by atoms with van der Waals surface area (Å²) in [5, 5.41) is 0. The first-order valence-corrected chi connectivity index (χ1v) is 42.9. The van der Waals surface area contributed by atoms with Gasteiger partial charge in [0.15, 0.2) is 0 Å². The van der Waals surface area contributed by atoms with Crippen molar-refractivity contribution < 1.29 is 76.1 Å². The third kappa shape index (κ3) is 35.6. The second-order valence-corrected chi connectivity index (χ2v) is 31.7. The Morgan fingerprint density at radius 3 is 0.878 bits per heavy atom. The van der Waals surface area contributed by atoms with Crippen LogP contribution < -0.4 is 28.4 Å². The first kappa shape index (κ1) is 99.6. The van der Waals surface area contributed by atoms with Gasteiger partial charge in [-0.3, -0.25) is 29.0 Å². The highest BCUT2D eigenvalue weighted by Crippen LogP contribution is 2.51. The largest absolute Gasteiger partial charge is 0.515 e. The first-order chi connectivity index (χ1) is 55.0. The van der Waals surface area contributed by atoms with Crippen molar-refractivity contribution in [3.05, 3.63) is 141 Å². The summed E-state index contributed by atoms with van der Waals surface area (Å²) in [5.41, 5.74) is 12.0. The van der Waals surface area contributed by atoms with Crippen LogP contribution in [0.15, 0.2) is 108 Å². The molecule has 3 aromatic carbocycles. The van der Waals surface area contributed by atoms with Crippen molar-refractivity contribution in [2.75, 3.05) is 107 Å². The van der Waals surface area contributed by atoms with E-state index in [9.17, 15) is 28.8 Å². The maximum Gasteiger partial charge on any atom is 0.515 e. The molecule has 0 aromatic heterocycles. The molecule has 0 bridgehead atoms. The minimum Gasteiger partial charge on any atom is -0.426 e.